The first-order valence-corrected chi connectivity index (χ1v) is 5.88. The highest BCUT2D eigenvalue weighted by Gasteiger charge is 2.33. The molecule has 16 heavy (non-hydrogen) atoms. The number of aromatic nitrogens is 3. The molecule has 1 fully saturated rings. The van der Waals surface area contributed by atoms with E-state index < -0.39 is 0 Å². The predicted octanol–water partition coefficient (Wildman–Crippen LogP) is 1.74. The van der Waals surface area contributed by atoms with E-state index in [1.807, 2.05) is 4.68 Å². The maximum Gasteiger partial charge on any atom is 0.360 e. The molecule has 0 saturated heterocycles. The fourth-order valence-electron chi connectivity index (χ4n) is 1.80. The number of rotatable bonds is 5. The summed E-state index contributed by atoms with van der Waals surface area (Å²) in [7, 11) is 0. The molecule has 2 rings (SSSR count). The zero-order chi connectivity index (χ0) is 11.5. The van der Waals surface area contributed by atoms with Crippen LogP contribution in [0.15, 0.2) is 0 Å². The van der Waals surface area contributed by atoms with Crippen molar-refractivity contribution in [1.29, 1.82) is 0 Å². The van der Waals surface area contributed by atoms with Gasteiger partial charge in [-0.05, 0) is 26.2 Å². The van der Waals surface area contributed by atoms with Gasteiger partial charge in [0, 0.05) is 12.5 Å². The highest BCUT2D eigenvalue weighted by atomic mass is 16.5. The van der Waals surface area contributed by atoms with Gasteiger partial charge in [0.25, 0.3) is 0 Å². The van der Waals surface area contributed by atoms with Crippen molar-refractivity contribution in [2.45, 2.75) is 45.6 Å². The summed E-state index contributed by atoms with van der Waals surface area (Å²) in [6.45, 7) is 5.08. The second kappa shape index (κ2) is 4.63. The van der Waals surface area contributed by atoms with Crippen molar-refractivity contribution in [3.8, 4) is 0 Å². The average molecular weight is 223 g/mol. The minimum absolute atomic E-state index is 0.341. The highest BCUT2D eigenvalue weighted by Crippen LogP contribution is 2.41. The van der Waals surface area contributed by atoms with Crippen LogP contribution in [0, 0.1) is 0 Å². The molecule has 5 nitrogen and oxygen atoms in total. The second-order valence-corrected chi connectivity index (χ2v) is 4.04. The van der Waals surface area contributed by atoms with E-state index >= 15 is 0 Å². The Bertz CT molecular complexity index is 383. The molecule has 0 aliphatic heterocycles. The molecular weight excluding hydrogens is 206 g/mol. The number of carbonyl (C=O) groups is 1. The quantitative estimate of drug-likeness (QED) is 0.713. The summed E-state index contributed by atoms with van der Waals surface area (Å²) >= 11 is 0. The number of nitrogens with zero attached hydrogens (tertiary/aromatic N) is 3. The lowest BCUT2D eigenvalue weighted by Gasteiger charge is -2.04. The molecule has 0 aromatic carbocycles. The summed E-state index contributed by atoms with van der Waals surface area (Å²) in [5, 5.41) is 7.99. The molecule has 0 spiro atoms. The Morgan fingerprint density at radius 2 is 2.25 bits per heavy atom. The molecule has 0 N–H and O–H groups in total. The van der Waals surface area contributed by atoms with Gasteiger partial charge in [0.1, 0.15) is 0 Å². The lowest BCUT2D eigenvalue weighted by atomic mass is 10.2. The number of hydrogen-bond acceptors (Lipinski definition) is 4. The smallest absolute Gasteiger partial charge is 0.360 e. The van der Waals surface area contributed by atoms with E-state index in [9.17, 15) is 4.79 Å². The van der Waals surface area contributed by atoms with Crippen molar-refractivity contribution in [2.24, 2.45) is 0 Å². The maximum absolute atomic E-state index is 11.7. The van der Waals surface area contributed by atoms with E-state index in [1.54, 1.807) is 6.92 Å². The molecule has 1 aromatic heterocycles. The Labute approximate surface area is 94.8 Å². The predicted molar refractivity (Wildman–Crippen MR) is 58.2 cm³/mol. The molecular formula is C11H17N3O2. The molecule has 0 bridgehead atoms. The fourth-order valence-corrected chi connectivity index (χ4v) is 1.80. The summed E-state index contributed by atoms with van der Waals surface area (Å²) in [5.41, 5.74) is 1.39. The molecule has 0 unspecified atom stereocenters. The van der Waals surface area contributed by atoms with Gasteiger partial charge in [-0.2, -0.15) is 0 Å². The van der Waals surface area contributed by atoms with E-state index in [4.69, 9.17) is 4.74 Å². The van der Waals surface area contributed by atoms with Crippen molar-refractivity contribution >= 4 is 5.97 Å². The van der Waals surface area contributed by atoms with Gasteiger partial charge in [-0.15, -0.1) is 5.10 Å². The summed E-state index contributed by atoms with van der Waals surface area (Å²) in [5.74, 6) is 0.118. The topological polar surface area (TPSA) is 57.0 Å². The van der Waals surface area contributed by atoms with Gasteiger partial charge >= 0.3 is 5.97 Å². The van der Waals surface area contributed by atoms with Crippen LogP contribution in [0.5, 0.6) is 0 Å². The Hall–Kier alpha value is -1.39. The first-order valence-electron chi connectivity index (χ1n) is 5.88. The Morgan fingerprint density at radius 3 is 2.81 bits per heavy atom. The third-order valence-electron chi connectivity index (χ3n) is 2.64. The molecule has 0 amide bonds. The summed E-state index contributed by atoms with van der Waals surface area (Å²) in [4.78, 5) is 11.7. The standard InChI is InChI=1S/C11H17N3O2/c1-3-7-14-10(8-5-6-8)9(12-13-14)11(15)16-4-2/h8H,3-7H2,1-2H3. The zero-order valence-electron chi connectivity index (χ0n) is 9.77. The van der Waals surface area contributed by atoms with Crippen molar-refractivity contribution in [1.82, 2.24) is 15.0 Å². The Balaban J connectivity index is 2.26. The summed E-state index contributed by atoms with van der Waals surface area (Å²) in [6.07, 6.45) is 3.25. The fraction of sp³-hybridized carbons (Fsp3) is 0.727. The van der Waals surface area contributed by atoms with Crippen LogP contribution in [0.25, 0.3) is 0 Å². The Kier molecular flexibility index (Phi) is 3.22. The lowest BCUT2D eigenvalue weighted by Crippen LogP contribution is -2.10. The van der Waals surface area contributed by atoms with Crippen LogP contribution in [-0.2, 0) is 11.3 Å². The molecule has 1 heterocycles. The van der Waals surface area contributed by atoms with E-state index in [0.717, 1.165) is 31.5 Å². The van der Waals surface area contributed by atoms with Crippen LogP contribution in [0.4, 0.5) is 0 Å². The van der Waals surface area contributed by atoms with Gasteiger partial charge in [-0.25, -0.2) is 9.48 Å². The zero-order valence-corrected chi connectivity index (χ0v) is 9.77. The van der Waals surface area contributed by atoms with Crippen molar-refractivity contribution in [2.75, 3.05) is 6.61 Å². The van der Waals surface area contributed by atoms with Crippen molar-refractivity contribution in [3.05, 3.63) is 11.4 Å². The van der Waals surface area contributed by atoms with E-state index in [0.29, 0.717) is 18.2 Å². The number of hydrogen-bond donors (Lipinski definition) is 0. The minimum Gasteiger partial charge on any atom is -0.461 e. The van der Waals surface area contributed by atoms with E-state index in [1.165, 1.54) is 0 Å². The summed E-state index contributed by atoms with van der Waals surface area (Å²) in [6, 6.07) is 0. The molecule has 1 saturated carbocycles. The van der Waals surface area contributed by atoms with Gasteiger partial charge in [0.15, 0.2) is 5.69 Å². The molecule has 1 aliphatic rings. The van der Waals surface area contributed by atoms with Crippen LogP contribution in [-0.4, -0.2) is 27.6 Å². The van der Waals surface area contributed by atoms with Crippen molar-refractivity contribution < 1.29 is 9.53 Å². The third kappa shape index (κ3) is 2.08. The van der Waals surface area contributed by atoms with Crippen LogP contribution in [0.1, 0.15) is 55.2 Å². The van der Waals surface area contributed by atoms with Crippen LogP contribution < -0.4 is 0 Å². The average Bonchev–Trinajstić information content (AvgIpc) is 3.01. The largest absolute Gasteiger partial charge is 0.461 e. The number of esters is 1. The lowest BCUT2D eigenvalue weighted by molar-refractivity contribution is 0.0518. The molecule has 0 atom stereocenters. The molecule has 0 radical (unpaired) electrons. The van der Waals surface area contributed by atoms with Crippen molar-refractivity contribution in [3.63, 3.8) is 0 Å². The number of ether oxygens (including phenoxy) is 1. The van der Waals surface area contributed by atoms with E-state index in [-0.39, 0.29) is 5.97 Å². The van der Waals surface area contributed by atoms with Crippen LogP contribution >= 0.6 is 0 Å². The van der Waals surface area contributed by atoms with Crippen LogP contribution in [0.2, 0.25) is 0 Å². The normalized spacial score (nSPS) is 15.1. The molecule has 1 aromatic rings. The number of carbonyl (C=O) groups excluding carboxylic acids is 1. The molecule has 1 aliphatic carbocycles. The maximum atomic E-state index is 11.7. The molecule has 88 valence electrons. The first kappa shape index (κ1) is 11.1. The van der Waals surface area contributed by atoms with Crippen LogP contribution in [0.3, 0.4) is 0 Å². The van der Waals surface area contributed by atoms with E-state index in [2.05, 4.69) is 17.2 Å². The van der Waals surface area contributed by atoms with Gasteiger partial charge < -0.3 is 4.74 Å². The van der Waals surface area contributed by atoms with Gasteiger partial charge in [0.05, 0.1) is 12.3 Å². The van der Waals surface area contributed by atoms with Gasteiger partial charge in [-0.1, -0.05) is 12.1 Å². The number of aryl methyl sites for hydroxylation is 1. The van der Waals surface area contributed by atoms with Gasteiger partial charge in [0.2, 0.25) is 0 Å². The summed E-state index contributed by atoms with van der Waals surface area (Å²) < 4.78 is 6.83. The Morgan fingerprint density at radius 1 is 1.50 bits per heavy atom. The SMILES string of the molecule is CCCn1nnc(C(=O)OCC)c1C1CC1. The first-order chi connectivity index (χ1) is 7.77. The highest BCUT2D eigenvalue weighted by molar-refractivity contribution is 5.88. The molecule has 5 heteroatoms. The monoisotopic (exact) mass is 223 g/mol. The minimum atomic E-state index is -0.341. The van der Waals surface area contributed by atoms with Gasteiger partial charge in [-0.3, -0.25) is 0 Å². The third-order valence-corrected chi connectivity index (χ3v) is 2.64. The second-order valence-electron chi connectivity index (χ2n) is 4.04.